The molecular weight excluding hydrogens is 318 g/mol. The first-order chi connectivity index (χ1) is 11.5. The van der Waals surface area contributed by atoms with Gasteiger partial charge in [0.25, 0.3) is 5.91 Å². The Balaban J connectivity index is 1.75. The Bertz CT molecular complexity index is 683. The Morgan fingerprint density at radius 1 is 1.08 bits per heavy atom. The lowest BCUT2D eigenvalue weighted by Gasteiger charge is -2.16. The van der Waals surface area contributed by atoms with Crippen molar-refractivity contribution in [1.82, 2.24) is 5.32 Å². The van der Waals surface area contributed by atoms with E-state index in [1.807, 2.05) is 32.0 Å². The van der Waals surface area contributed by atoms with Gasteiger partial charge in [-0.1, -0.05) is 29.8 Å². The summed E-state index contributed by atoms with van der Waals surface area (Å²) in [6.45, 7) is 8.48. The van der Waals surface area contributed by atoms with E-state index in [0.29, 0.717) is 6.54 Å². The van der Waals surface area contributed by atoms with E-state index in [1.54, 1.807) is 18.7 Å². The predicted molar refractivity (Wildman–Crippen MR) is 101 cm³/mol. The summed E-state index contributed by atoms with van der Waals surface area (Å²) in [6.07, 6.45) is -0.505. The lowest BCUT2D eigenvalue weighted by molar-refractivity contribution is -0.127. The van der Waals surface area contributed by atoms with Gasteiger partial charge in [-0.2, -0.15) is 0 Å². The summed E-state index contributed by atoms with van der Waals surface area (Å²) in [4.78, 5) is 13.4. The Morgan fingerprint density at radius 3 is 2.46 bits per heavy atom. The SMILES string of the molecule is Cc1ccc(SCCNC(=O)[C@@H](C)Oc2cc(C)ccc2C)cc1. The zero-order chi connectivity index (χ0) is 17.5. The lowest BCUT2D eigenvalue weighted by atomic mass is 10.1. The van der Waals surface area contributed by atoms with Crippen LogP contribution >= 0.6 is 11.8 Å². The molecule has 128 valence electrons. The molecule has 2 aromatic rings. The average molecular weight is 343 g/mol. The number of hydrogen-bond donors (Lipinski definition) is 1. The van der Waals surface area contributed by atoms with Gasteiger partial charge in [-0.3, -0.25) is 4.79 Å². The normalized spacial score (nSPS) is 11.8. The van der Waals surface area contributed by atoms with Crippen LogP contribution in [0.15, 0.2) is 47.4 Å². The zero-order valence-electron chi connectivity index (χ0n) is 14.8. The Kier molecular flexibility index (Phi) is 6.73. The van der Waals surface area contributed by atoms with Crippen LogP contribution in [0.5, 0.6) is 5.75 Å². The predicted octanol–water partition coefficient (Wildman–Crippen LogP) is 4.29. The molecule has 0 saturated heterocycles. The molecule has 1 amide bonds. The van der Waals surface area contributed by atoms with E-state index < -0.39 is 6.10 Å². The summed E-state index contributed by atoms with van der Waals surface area (Å²) in [6, 6.07) is 14.4. The van der Waals surface area contributed by atoms with E-state index in [0.717, 1.165) is 22.6 Å². The summed E-state index contributed by atoms with van der Waals surface area (Å²) in [5.41, 5.74) is 3.41. The van der Waals surface area contributed by atoms with Crippen molar-refractivity contribution in [3.05, 3.63) is 59.2 Å². The third kappa shape index (κ3) is 5.60. The van der Waals surface area contributed by atoms with Crippen molar-refractivity contribution in [3.8, 4) is 5.75 Å². The number of ether oxygens (including phenoxy) is 1. The fourth-order valence-electron chi connectivity index (χ4n) is 2.20. The van der Waals surface area contributed by atoms with Crippen molar-refractivity contribution in [2.24, 2.45) is 0 Å². The van der Waals surface area contributed by atoms with Crippen molar-refractivity contribution in [3.63, 3.8) is 0 Å². The molecule has 4 heteroatoms. The number of rotatable bonds is 7. The molecule has 0 heterocycles. The van der Waals surface area contributed by atoms with E-state index in [2.05, 4.69) is 36.5 Å². The number of carbonyl (C=O) groups excluding carboxylic acids is 1. The molecule has 24 heavy (non-hydrogen) atoms. The van der Waals surface area contributed by atoms with Gasteiger partial charge in [-0.25, -0.2) is 0 Å². The minimum Gasteiger partial charge on any atom is -0.481 e. The molecule has 0 spiro atoms. The molecule has 1 atom stereocenters. The average Bonchev–Trinajstić information content (AvgIpc) is 2.56. The number of hydrogen-bond acceptors (Lipinski definition) is 3. The summed E-state index contributed by atoms with van der Waals surface area (Å²) < 4.78 is 5.80. The molecule has 0 aliphatic heterocycles. The van der Waals surface area contributed by atoms with Crippen molar-refractivity contribution >= 4 is 17.7 Å². The Hall–Kier alpha value is -1.94. The number of benzene rings is 2. The van der Waals surface area contributed by atoms with Gasteiger partial charge in [0.1, 0.15) is 5.75 Å². The molecular formula is C20H25NO2S. The molecule has 0 saturated carbocycles. The molecule has 0 aliphatic rings. The van der Waals surface area contributed by atoms with Crippen LogP contribution in [-0.2, 0) is 4.79 Å². The third-order valence-electron chi connectivity index (χ3n) is 3.71. The maximum atomic E-state index is 12.2. The van der Waals surface area contributed by atoms with Crippen LogP contribution in [0.3, 0.4) is 0 Å². The van der Waals surface area contributed by atoms with Crippen LogP contribution < -0.4 is 10.1 Å². The number of amides is 1. The quantitative estimate of drug-likeness (QED) is 0.602. The summed E-state index contributed by atoms with van der Waals surface area (Å²) >= 11 is 1.74. The highest BCUT2D eigenvalue weighted by atomic mass is 32.2. The molecule has 3 nitrogen and oxygen atoms in total. The lowest BCUT2D eigenvalue weighted by Crippen LogP contribution is -2.37. The highest BCUT2D eigenvalue weighted by molar-refractivity contribution is 7.99. The smallest absolute Gasteiger partial charge is 0.260 e. The topological polar surface area (TPSA) is 38.3 Å². The van der Waals surface area contributed by atoms with Gasteiger partial charge in [-0.15, -0.1) is 11.8 Å². The van der Waals surface area contributed by atoms with E-state index in [4.69, 9.17) is 4.74 Å². The molecule has 0 aliphatic carbocycles. The fraction of sp³-hybridized carbons (Fsp3) is 0.350. The second-order valence-corrected chi connectivity index (χ2v) is 7.15. The summed E-state index contributed by atoms with van der Waals surface area (Å²) in [5.74, 6) is 1.53. The van der Waals surface area contributed by atoms with Gasteiger partial charge in [0, 0.05) is 17.2 Å². The number of nitrogens with one attached hydrogen (secondary N) is 1. The standard InChI is InChI=1S/C20H25NO2S/c1-14-6-9-18(10-7-14)24-12-11-21-20(22)17(4)23-19-13-15(2)5-8-16(19)3/h5-10,13,17H,11-12H2,1-4H3,(H,21,22)/t17-/m1/s1. The molecule has 0 unspecified atom stereocenters. The van der Waals surface area contributed by atoms with Gasteiger partial charge in [0.15, 0.2) is 6.10 Å². The Morgan fingerprint density at radius 2 is 1.75 bits per heavy atom. The molecule has 2 rings (SSSR count). The summed E-state index contributed by atoms with van der Waals surface area (Å²) in [5, 5.41) is 2.93. The second kappa shape index (κ2) is 8.78. The van der Waals surface area contributed by atoms with Crippen LogP contribution in [0.2, 0.25) is 0 Å². The first-order valence-corrected chi connectivity index (χ1v) is 9.15. The van der Waals surface area contributed by atoms with Gasteiger partial charge in [0.05, 0.1) is 0 Å². The molecule has 0 fully saturated rings. The Labute approximate surface area is 148 Å². The van der Waals surface area contributed by atoms with Crippen molar-refractivity contribution in [1.29, 1.82) is 0 Å². The van der Waals surface area contributed by atoms with Gasteiger partial charge in [-0.05, 0) is 57.0 Å². The number of aryl methyl sites for hydroxylation is 3. The molecule has 0 aromatic heterocycles. The zero-order valence-corrected chi connectivity index (χ0v) is 15.6. The van der Waals surface area contributed by atoms with Gasteiger partial charge >= 0.3 is 0 Å². The number of carbonyl (C=O) groups is 1. The summed E-state index contributed by atoms with van der Waals surface area (Å²) in [7, 11) is 0. The van der Waals surface area contributed by atoms with E-state index in [-0.39, 0.29) is 5.91 Å². The van der Waals surface area contributed by atoms with Crippen LogP contribution in [0, 0.1) is 20.8 Å². The largest absolute Gasteiger partial charge is 0.481 e. The second-order valence-electron chi connectivity index (χ2n) is 5.98. The molecule has 0 radical (unpaired) electrons. The van der Waals surface area contributed by atoms with E-state index >= 15 is 0 Å². The fourth-order valence-corrected chi connectivity index (χ4v) is 2.97. The van der Waals surface area contributed by atoms with Crippen LogP contribution in [0.25, 0.3) is 0 Å². The van der Waals surface area contributed by atoms with Gasteiger partial charge < -0.3 is 10.1 Å². The third-order valence-corrected chi connectivity index (χ3v) is 4.72. The first kappa shape index (κ1) is 18.4. The van der Waals surface area contributed by atoms with Gasteiger partial charge in [0.2, 0.25) is 0 Å². The van der Waals surface area contributed by atoms with E-state index in [9.17, 15) is 4.79 Å². The van der Waals surface area contributed by atoms with E-state index in [1.165, 1.54) is 10.5 Å². The minimum atomic E-state index is -0.505. The highest BCUT2D eigenvalue weighted by Crippen LogP contribution is 2.20. The minimum absolute atomic E-state index is 0.0830. The van der Waals surface area contributed by atoms with Crippen LogP contribution in [-0.4, -0.2) is 24.3 Å². The van der Waals surface area contributed by atoms with Crippen LogP contribution in [0.4, 0.5) is 0 Å². The van der Waals surface area contributed by atoms with Crippen molar-refractivity contribution < 1.29 is 9.53 Å². The molecule has 2 aromatic carbocycles. The first-order valence-electron chi connectivity index (χ1n) is 8.17. The molecule has 1 N–H and O–H groups in total. The van der Waals surface area contributed by atoms with Crippen LogP contribution in [0.1, 0.15) is 23.6 Å². The number of thioether (sulfide) groups is 1. The van der Waals surface area contributed by atoms with Crippen molar-refractivity contribution in [2.45, 2.75) is 38.7 Å². The van der Waals surface area contributed by atoms with Crippen molar-refractivity contribution in [2.75, 3.05) is 12.3 Å². The maximum absolute atomic E-state index is 12.2. The molecule has 0 bridgehead atoms. The maximum Gasteiger partial charge on any atom is 0.260 e. The highest BCUT2D eigenvalue weighted by Gasteiger charge is 2.15. The monoisotopic (exact) mass is 343 g/mol.